The first-order valence-electron chi connectivity index (χ1n) is 6.60. The minimum atomic E-state index is -0.407. The third kappa shape index (κ3) is 2.21. The van der Waals surface area contributed by atoms with E-state index in [0.29, 0.717) is 11.6 Å². The molecule has 0 bridgehead atoms. The smallest absolute Gasteiger partial charge is 0.248 e. The highest BCUT2D eigenvalue weighted by molar-refractivity contribution is 5.96. The van der Waals surface area contributed by atoms with Crippen molar-refractivity contribution in [2.45, 2.75) is 18.9 Å². The molecule has 5 nitrogen and oxygen atoms in total. The van der Waals surface area contributed by atoms with Crippen molar-refractivity contribution in [3.05, 3.63) is 30.1 Å². The van der Waals surface area contributed by atoms with Gasteiger partial charge in [-0.1, -0.05) is 0 Å². The molecule has 100 valence electrons. The van der Waals surface area contributed by atoms with Crippen LogP contribution >= 0.6 is 0 Å². The first kappa shape index (κ1) is 12.2. The lowest BCUT2D eigenvalue weighted by Crippen LogP contribution is -2.31. The lowest BCUT2D eigenvalue weighted by atomic mass is 10.1. The Hall–Kier alpha value is -1.88. The van der Waals surface area contributed by atoms with Gasteiger partial charge in [0.2, 0.25) is 5.91 Å². The second-order valence-electron chi connectivity index (χ2n) is 5.25. The van der Waals surface area contributed by atoms with Crippen LogP contribution in [0.5, 0.6) is 0 Å². The zero-order valence-corrected chi connectivity index (χ0v) is 11.0. The van der Waals surface area contributed by atoms with Gasteiger partial charge >= 0.3 is 0 Å². The summed E-state index contributed by atoms with van der Waals surface area (Å²) in [6.07, 6.45) is 4.16. The van der Waals surface area contributed by atoms with E-state index >= 15 is 0 Å². The molecule has 0 atom stereocenters. The van der Waals surface area contributed by atoms with Gasteiger partial charge in [-0.2, -0.15) is 0 Å². The Labute approximate surface area is 112 Å². The van der Waals surface area contributed by atoms with Crippen molar-refractivity contribution in [3.63, 3.8) is 0 Å². The number of amides is 1. The molecule has 0 radical (unpaired) electrons. The summed E-state index contributed by atoms with van der Waals surface area (Å²) in [5.41, 5.74) is 7.73. The van der Waals surface area contributed by atoms with Crippen molar-refractivity contribution < 1.29 is 4.79 Å². The van der Waals surface area contributed by atoms with Gasteiger partial charge in [0.05, 0.1) is 17.4 Å². The van der Waals surface area contributed by atoms with Crippen LogP contribution in [0.1, 0.15) is 29.2 Å². The number of fused-ring (bicyclic) bond motifs is 1. The fourth-order valence-corrected chi connectivity index (χ4v) is 2.75. The third-order valence-electron chi connectivity index (χ3n) is 3.94. The fraction of sp³-hybridized carbons (Fsp3) is 0.429. The molecule has 1 aromatic heterocycles. The molecule has 0 spiro atoms. The van der Waals surface area contributed by atoms with Gasteiger partial charge in [-0.25, -0.2) is 4.98 Å². The average Bonchev–Trinajstić information content (AvgIpc) is 2.82. The highest BCUT2D eigenvalue weighted by Gasteiger charge is 2.19. The Balaban J connectivity index is 1.95. The number of rotatable bonds is 2. The maximum Gasteiger partial charge on any atom is 0.248 e. The number of carbonyl (C=O) groups is 1. The van der Waals surface area contributed by atoms with Gasteiger partial charge in [0.15, 0.2) is 0 Å². The molecule has 2 aromatic rings. The van der Waals surface area contributed by atoms with Crippen LogP contribution in [0.3, 0.4) is 0 Å². The molecule has 0 unspecified atom stereocenters. The maximum atomic E-state index is 11.2. The van der Waals surface area contributed by atoms with E-state index in [4.69, 9.17) is 5.73 Å². The number of nitrogens with two attached hydrogens (primary N) is 1. The predicted molar refractivity (Wildman–Crippen MR) is 74.0 cm³/mol. The SMILES string of the molecule is CN1CCC(n2cnc3cc(C(N)=O)ccc32)CC1. The zero-order valence-electron chi connectivity index (χ0n) is 11.0. The maximum absolute atomic E-state index is 11.2. The van der Waals surface area contributed by atoms with Crippen LogP contribution in [-0.4, -0.2) is 40.5 Å². The number of hydrogen-bond acceptors (Lipinski definition) is 3. The van der Waals surface area contributed by atoms with Gasteiger partial charge in [-0.3, -0.25) is 4.79 Å². The molecule has 1 aromatic carbocycles. The van der Waals surface area contributed by atoms with Crippen molar-refractivity contribution in [1.29, 1.82) is 0 Å². The summed E-state index contributed by atoms with van der Waals surface area (Å²) in [4.78, 5) is 17.9. The second kappa shape index (κ2) is 4.66. The number of imidazole rings is 1. The van der Waals surface area contributed by atoms with Gasteiger partial charge in [0.1, 0.15) is 0 Å². The van der Waals surface area contributed by atoms with Crippen molar-refractivity contribution in [2.75, 3.05) is 20.1 Å². The Morgan fingerprint density at radius 1 is 1.37 bits per heavy atom. The van der Waals surface area contributed by atoms with E-state index in [2.05, 4.69) is 21.5 Å². The zero-order chi connectivity index (χ0) is 13.4. The van der Waals surface area contributed by atoms with E-state index in [0.717, 1.165) is 37.0 Å². The minimum Gasteiger partial charge on any atom is -0.366 e. The molecule has 2 heterocycles. The number of benzene rings is 1. The number of primary amides is 1. The van der Waals surface area contributed by atoms with Crippen LogP contribution in [0.25, 0.3) is 11.0 Å². The number of hydrogen-bond donors (Lipinski definition) is 1. The summed E-state index contributed by atoms with van der Waals surface area (Å²) in [6.45, 7) is 2.23. The minimum absolute atomic E-state index is 0.407. The Morgan fingerprint density at radius 2 is 2.11 bits per heavy atom. The summed E-state index contributed by atoms with van der Waals surface area (Å²) in [5.74, 6) is -0.407. The number of carbonyl (C=O) groups excluding carboxylic acids is 1. The molecule has 5 heteroatoms. The van der Waals surface area contributed by atoms with Crippen LogP contribution in [0.2, 0.25) is 0 Å². The normalized spacial score (nSPS) is 17.9. The fourth-order valence-electron chi connectivity index (χ4n) is 2.75. The van der Waals surface area contributed by atoms with E-state index in [1.165, 1.54) is 0 Å². The van der Waals surface area contributed by atoms with E-state index in [1.54, 1.807) is 12.1 Å². The largest absolute Gasteiger partial charge is 0.366 e. The first-order chi connectivity index (χ1) is 9.15. The topological polar surface area (TPSA) is 64.2 Å². The summed E-state index contributed by atoms with van der Waals surface area (Å²) in [7, 11) is 2.15. The van der Waals surface area contributed by atoms with E-state index in [9.17, 15) is 4.79 Å². The van der Waals surface area contributed by atoms with Crippen LogP contribution in [0, 0.1) is 0 Å². The molecule has 2 N–H and O–H groups in total. The molecule has 0 aliphatic carbocycles. The monoisotopic (exact) mass is 258 g/mol. The van der Waals surface area contributed by atoms with Crippen molar-refractivity contribution in [3.8, 4) is 0 Å². The quantitative estimate of drug-likeness (QED) is 0.885. The Bertz CT molecular complexity index is 611. The highest BCUT2D eigenvalue weighted by Crippen LogP contribution is 2.26. The number of aromatic nitrogens is 2. The summed E-state index contributed by atoms with van der Waals surface area (Å²) in [6, 6.07) is 5.99. The van der Waals surface area contributed by atoms with Gasteiger partial charge in [0, 0.05) is 11.6 Å². The van der Waals surface area contributed by atoms with Crippen LogP contribution in [-0.2, 0) is 0 Å². The van der Waals surface area contributed by atoms with E-state index in [-0.39, 0.29) is 0 Å². The number of nitrogens with zero attached hydrogens (tertiary/aromatic N) is 3. The van der Waals surface area contributed by atoms with Gasteiger partial charge in [-0.15, -0.1) is 0 Å². The van der Waals surface area contributed by atoms with Gasteiger partial charge in [0.25, 0.3) is 0 Å². The van der Waals surface area contributed by atoms with Crippen molar-refractivity contribution in [1.82, 2.24) is 14.5 Å². The molecule has 19 heavy (non-hydrogen) atoms. The van der Waals surface area contributed by atoms with Crippen molar-refractivity contribution in [2.24, 2.45) is 5.73 Å². The summed E-state index contributed by atoms with van der Waals surface area (Å²) >= 11 is 0. The second-order valence-corrected chi connectivity index (χ2v) is 5.25. The van der Waals surface area contributed by atoms with E-state index in [1.807, 2.05) is 12.4 Å². The van der Waals surface area contributed by atoms with Crippen LogP contribution < -0.4 is 5.73 Å². The summed E-state index contributed by atoms with van der Waals surface area (Å²) in [5, 5.41) is 0. The number of piperidine rings is 1. The third-order valence-corrected chi connectivity index (χ3v) is 3.94. The lowest BCUT2D eigenvalue weighted by molar-refractivity contribution is 0.100. The number of likely N-dealkylation sites (tertiary alicyclic amines) is 1. The Kier molecular flexibility index (Phi) is 2.98. The molecule has 1 amide bonds. The average molecular weight is 258 g/mol. The molecule has 0 saturated carbocycles. The van der Waals surface area contributed by atoms with Gasteiger partial charge < -0.3 is 15.2 Å². The van der Waals surface area contributed by atoms with Crippen LogP contribution in [0.4, 0.5) is 0 Å². The molecule has 3 rings (SSSR count). The molecular weight excluding hydrogens is 240 g/mol. The molecule has 1 aliphatic heterocycles. The summed E-state index contributed by atoms with van der Waals surface area (Å²) < 4.78 is 2.23. The van der Waals surface area contributed by atoms with Gasteiger partial charge in [-0.05, 0) is 51.2 Å². The highest BCUT2D eigenvalue weighted by atomic mass is 16.1. The predicted octanol–water partition coefficient (Wildman–Crippen LogP) is 1.40. The molecule has 1 aliphatic rings. The molecular formula is C14H18N4O. The molecule has 1 fully saturated rings. The lowest BCUT2D eigenvalue weighted by Gasteiger charge is -2.30. The Morgan fingerprint density at radius 3 is 2.79 bits per heavy atom. The molecule has 1 saturated heterocycles. The standard InChI is InChI=1S/C14H18N4O/c1-17-6-4-11(5-7-17)18-9-16-12-8-10(14(15)19)2-3-13(12)18/h2-3,8-9,11H,4-7H2,1H3,(H2,15,19). The first-order valence-corrected chi connectivity index (χ1v) is 6.60. The van der Waals surface area contributed by atoms with Crippen LogP contribution in [0.15, 0.2) is 24.5 Å². The van der Waals surface area contributed by atoms with E-state index < -0.39 is 5.91 Å². The van der Waals surface area contributed by atoms with Crippen molar-refractivity contribution >= 4 is 16.9 Å².